The summed E-state index contributed by atoms with van der Waals surface area (Å²) in [6.45, 7) is 1.81. The van der Waals surface area contributed by atoms with Crippen LogP contribution in [0, 0.1) is 11.8 Å². The lowest BCUT2D eigenvalue weighted by molar-refractivity contribution is -0.136. The molecular weight excluding hydrogens is 294 g/mol. The Morgan fingerprint density at radius 2 is 2.00 bits per heavy atom. The maximum Gasteiger partial charge on any atom is 0.225 e. The fraction of sp³-hybridized carbons (Fsp3) is 0.588. The van der Waals surface area contributed by atoms with Gasteiger partial charge in [-0.3, -0.25) is 9.59 Å². The van der Waals surface area contributed by atoms with Crippen LogP contribution in [0.15, 0.2) is 18.3 Å². The van der Waals surface area contributed by atoms with E-state index in [1.54, 1.807) is 13.3 Å². The molecule has 2 aliphatic rings. The summed E-state index contributed by atoms with van der Waals surface area (Å²) in [5.41, 5.74) is 0.865. The van der Waals surface area contributed by atoms with Crippen molar-refractivity contribution in [3.05, 3.63) is 23.9 Å². The Balaban J connectivity index is 1.47. The zero-order valence-electron chi connectivity index (χ0n) is 13.5. The number of nitrogens with zero attached hydrogens (tertiary/aromatic N) is 2. The van der Waals surface area contributed by atoms with E-state index in [9.17, 15) is 9.59 Å². The smallest absolute Gasteiger partial charge is 0.225 e. The zero-order chi connectivity index (χ0) is 16.2. The van der Waals surface area contributed by atoms with E-state index in [0.717, 1.165) is 31.2 Å². The number of ether oxygens (including phenoxy) is 1. The lowest BCUT2D eigenvalue weighted by Crippen LogP contribution is -2.43. The molecule has 1 aromatic heterocycles. The molecule has 2 fully saturated rings. The summed E-state index contributed by atoms with van der Waals surface area (Å²) in [5.74, 6) is 1.12. The fourth-order valence-electron chi connectivity index (χ4n) is 3.02. The van der Waals surface area contributed by atoms with Gasteiger partial charge in [-0.15, -0.1) is 0 Å². The molecular formula is C17H23N3O3. The van der Waals surface area contributed by atoms with Crippen molar-refractivity contribution in [3.63, 3.8) is 0 Å². The lowest BCUT2D eigenvalue weighted by Gasteiger charge is -2.31. The SMILES string of the molecule is COc1ncccc1CNC(=O)C1CCN(C(=O)C2CC2)CC1. The van der Waals surface area contributed by atoms with Gasteiger partial charge in [0.15, 0.2) is 0 Å². The van der Waals surface area contributed by atoms with Crippen molar-refractivity contribution >= 4 is 11.8 Å². The first kappa shape index (κ1) is 15.8. The van der Waals surface area contributed by atoms with Gasteiger partial charge >= 0.3 is 0 Å². The maximum atomic E-state index is 12.3. The summed E-state index contributed by atoms with van der Waals surface area (Å²) in [6, 6.07) is 3.72. The Bertz CT molecular complexity index is 578. The van der Waals surface area contributed by atoms with Crippen LogP contribution in [0.3, 0.4) is 0 Å². The number of hydrogen-bond acceptors (Lipinski definition) is 4. The van der Waals surface area contributed by atoms with Crippen LogP contribution in [0.25, 0.3) is 0 Å². The van der Waals surface area contributed by atoms with E-state index in [1.165, 1.54) is 0 Å². The number of hydrogen-bond donors (Lipinski definition) is 1. The van der Waals surface area contributed by atoms with Gasteiger partial charge in [0, 0.05) is 43.2 Å². The minimum Gasteiger partial charge on any atom is -0.481 e. The number of pyridine rings is 1. The molecule has 0 spiro atoms. The molecule has 1 saturated carbocycles. The molecule has 1 saturated heterocycles. The van der Waals surface area contributed by atoms with Crippen molar-refractivity contribution in [2.45, 2.75) is 32.2 Å². The first-order valence-electron chi connectivity index (χ1n) is 8.23. The molecule has 1 N–H and O–H groups in total. The summed E-state index contributed by atoms with van der Waals surface area (Å²) in [7, 11) is 1.57. The van der Waals surface area contributed by atoms with Gasteiger partial charge in [-0.2, -0.15) is 0 Å². The Kier molecular flexibility index (Phi) is 4.79. The summed E-state index contributed by atoms with van der Waals surface area (Å²) in [6.07, 6.45) is 5.22. The summed E-state index contributed by atoms with van der Waals surface area (Å²) >= 11 is 0. The number of rotatable bonds is 5. The van der Waals surface area contributed by atoms with Crippen LogP contribution in [0.4, 0.5) is 0 Å². The second-order valence-electron chi connectivity index (χ2n) is 6.26. The molecule has 1 aliphatic carbocycles. The third-order valence-electron chi connectivity index (χ3n) is 4.60. The van der Waals surface area contributed by atoms with Crippen molar-refractivity contribution in [1.82, 2.24) is 15.2 Å². The summed E-state index contributed by atoms with van der Waals surface area (Å²) < 4.78 is 5.19. The predicted molar refractivity (Wildman–Crippen MR) is 84.7 cm³/mol. The van der Waals surface area contributed by atoms with E-state index in [4.69, 9.17) is 4.74 Å². The Hall–Kier alpha value is -2.11. The van der Waals surface area contributed by atoms with Crippen LogP contribution in [-0.4, -0.2) is 41.9 Å². The third-order valence-corrected chi connectivity index (χ3v) is 4.60. The molecule has 0 aromatic carbocycles. The van der Waals surface area contributed by atoms with Crippen LogP contribution in [-0.2, 0) is 16.1 Å². The number of amides is 2. The van der Waals surface area contributed by atoms with Crippen LogP contribution < -0.4 is 10.1 Å². The molecule has 3 rings (SSSR count). The van der Waals surface area contributed by atoms with Crippen molar-refractivity contribution in [2.75, 3.05) is 20.2 Å². The molecule has 0 radical (unpaired) electrons. The monoisotopic (exact) mass is 317 g/mol. The highest BCUT2D eigenvalue weighted by molar-refractivity contribution is 5.82. The number of carbonyl (C=O) groups excluding carboxylic acids is 2. The quantitative estimate of drug-likeness (QED) is 0.890. The largest absolute Gasteiger partial charge is 0.481 e. The number of carbonyl (C=O) groups is 2. The zero-order valence-corrected chi connectivity index (χ0v) is 13.5. The van der Waals surface area contributed by atoms with Crippen molar-refractivity contribution in [1.29, 1.82) is 0 Å². The van der Waals surface area contributed by atoms with E-state index in [0.29, 0.717) is 25.5 Å². The van der Waals surface area contributed by atoms with E-state index in [1.807, 2.05) is 17.0 Å². The Morgan fingerprint density at radius 1 is 1.26 bits per heavy atom. The minimum absolute atomic E-state index is 0.0130. The van der Waals surface area contributed by atoms with Gasteiger partial charge in [0.05, 0.1) is 7.11 Å². The molecule has 23 heavy (non-hydrogen) atoms. The molecule has 1 aromatic rings. The van der Waals surface area contributed by atoms with Gasteiger partial charge in [0.1, 0.15) is 0 Å². The lowest BCUT2D eigenvalue weighted by atomic mass is 9.95. The van der Waals surface area contributed by atoms with Crippen molar-refractivity contribution < 1.29 is 14.3 Å². The van der Waals surface area contributed by atoms with Gasteiger partial charge in [0.25, 0.3) is 0 Å². The number of nitrogens with one attached hydrogen (secondary N) is 1. The van der Waals surface area contributed by atoms with Gasteiger partial charge in [-0.05, 0) is 31.7 Å². The van der Waals surface area contributed by atoms with Crippen LogP contribution in [0.1, 0.15) is 31.2 Å². The molecule has 2 heterocycles. The maximum absolute atomic E-state index is 12.3. The summed E-state index contributed by atoms with van der Waals surface area (Å²) in [5, 5.41) is 2.96. The van der Waals surface area contributed by atoms with Gasteiger partial charge in [-0.25, -0.2) is 4.98 Å². The predicted octanol–water partition coefficient (Wildman–Crippen LogP) is 1.35. The number of methoxy groups -OCH3 is 1. The highest BCUT2D eigenvalue weighted by Gasteiger charge is 2.35. The molecule has 2 amide bonds. The number of piperidine rings is 1. The molecule has 0 bridgehead atoms. The first-order valence-corrected chi connectivity index (χ1v) is 8.23. The Morgan fingerprint density at radius 3 is 2.65 bits per heavy atom. The normalized spacial score (nSPS) is 18.6. The average molecular weight is 317 g/mol. The van der Waals surface area contributed by atoms with E-state index in [2.05, 4.69) is 10.3 Å². The second-order valence-corrected chi connectivity index (χ2v) is 6.26. The fourth-order valence-corrected chi connectivity index (χ4v) is 3.02. The first-order chi connectivity index (χ1) is 11.2. The molecule has 0 atom stereocenters. The van der Waals surface area contributed by atoms with Gasteiger partial charge in [-0.1, -0.05) is 6.07 Å². The van der Waals surface area contributed by atoms with Crippen LogP contribution >= 0.6 is 0 Å². The average Bonchev–Trinajstić information content (AvgIpc) is 3.44. The molecule has 6 nitrogen and oxygen atoms in total. The molecule has 6 heteroatoms. The molecule has 124 valence electrons. The summed E-state index contributed by atoms with van der Waals surface area (Å²) in [4.78, 5) is 30.4. The minimum atomic E-state index is -0.0130. The topological polar surface area (TPSA) is 71.5 Å². The third kappa shape index (κ3) is 3.81. The second kappa shape index (κ2) is 6.98. The highest BCUT2D eigenvalue weighted by atomic mass is 16.5. The Labute approximate surface area is 136 Å². The van der Waals surface area contributed by atoms with E-state index in [-0.39, 0.29) is 23.7 Å². The van der Waals surface area contributed by atoms with Gasteiger partial charge in [0.2, 0.25) is 17.7 Å². The van der Waals surface area contributed by atoms with Crippen molar-refractivity contribution in [2.24, 2.45) is 11.8 Å². The molecule has 0 unspecified atom stereocenters. The van der Waals surface area contributed by atoms with E-state index >= 15 is 0 Å². The highest BCUT2D eigenvalue weighted by Crippen LogP contribution is 2.32. The van der Waals surface area contributed by atoms with Crippen LogP contribution in [0.5, 0.6) is 5.88 Å². The van der Waals surface area contributed by atoms with Crippen LogP contribution in [0.2, 0.25) is 0 Å². The number of likely N-dealkylation sites (tertiary alicyclic amines) is 1. The van der Waals surface area contributed by atoms with E-state index < -0.39 is 0 Å². The number of aromatic nitrogens is 1. The van der Waals surface area contributed by atoms with Crippen molar-refractivity contribution in [3.8, 4) is 5.88 Å². The molecule has 1 aliphatic heterocycles. The standard InChI is InChI=1S/C17H23N3O3/c1-23-16-14(3-2-8-18-16)11-19-15(21)12-6-9-20(10-7-12)17(22)13-4-5-13/h2-3,8,12-13H,4-7,9-11H2,1H3,(H,19,21). The van der Waals surface area contributed by atoms with Gasteiger partial charge < -0.3 is 15.0 Å².